The molecular formula is C19H27N3O6S. The quantitative estimate of drug-likeness (QED) is 0.684. The molecule has 1 saturated heterocycles. The molecule has 0 amide bonds. The van der Waals surface area contributed by atoms with Crippen molar-refractivity contribution in [2.75, 3.05) is 45.9 Å². The lowest BCUT2D eigenvalue weighted by atomic mass is 9.93. The molecule has 10 heteroatoms. The number of piperidine rings is 1. The number of pyridine rings is 1. The SMILES string of the molecule is COc1cc(N2CCC(CCOS(N)(=O)=O)CC2)c2cc(OC)c(OC)cc2n1. The Hall–Kier alpha value is -2.30. The first kappa shape index (κ1) is 21.4. The van der Waals surface area contributed by atoms with E-state index in [9.17, 15) is 8.42 Å². The maximum absolute atomic E-state index is 10.9. The van der Waals surface area contributed by atoms with Crippen molar-refractivity contribution in [1.82, 2.24) is 4.98 Å². The molecule has 160 valence electrons. The number of methoxy groups -OCH3 is 3. The highest BCUT2D eigenvalue weighted by Crippen LogP contribution is 2.38. The van der Waals surface area contributed by atoms with Gasteiger partial charge in [-0.3, -0.25) is 4.18 Å². The third kappa shape index (κ3) is 5.20. The minimum absolute atomic E-state index is 0.118. The Bertz CT molecular complexity index is 958. The molecule has 1 aliphatic rings. The van der Waals surface area contributed by atoms with Gasteiger partial charge in [-0.15, -0.1) is 0 Å². The number of anilines is 1. The van der Waals surface area contributed by atoms with Crippen LogP contribution < -0.4 is 24.2 Å². The number of nitrogens with zero attached hydrogens (tertiary/aromatic N) is 2. The fourth-order valence-corrected chi connectivity index (χ4v) is 4.00. The molecule has 29 heavy (non-hydrogen) atoms. The van der Waals surface area contributed by atoms with Gasteiger partial charge in [0.1, 0.15) is 0 Å². The number of hydrogen-bond acceptors (Lipinski definition) is 8. The lowest BCUT2D eigenvalue weighted by molar-refractivity contribution is 0.262. The summed E-state index contributed by atoms with van der Waals surface area (Å²) in [5.74, 6) is 2.17. The van der Waals surface area contributed by atoms with Crippen LogP contribution in [-0.2, 0) is 14.5 Å². The van der Waals surface area contributed by atoms with Crippen molar-refractivity contribution in [3.05, 3.63) is 18.2 Å². The predicted octanol–water partition coefficient (Wildman–Crippen LogP) is 2.09. The first-order valence-electron chi connectivity index (χ1n) is 9.37. The Kier molecular flexibility index (Phi) is 6.66. The maximum Gasteiger partial charge on any atom is 0.333 e. The molecule has 9 nitrogen and oxygen atoms in total. The van der Waals surface area contributed by atoms with E-state index in [1.165, 1.54) is 0 Å². The van der Waals surface area contributed by atoms with E-state index in [2.05, 4.69) is 14.1 Å². The van der Waals surface area contributed by atoms with Gasteiger partial charge >= 0.3 is 10.3 Å². The van der Waals surface area contributed by atoms with Crippen LogP contribution >= 0.6 is 0 Å². The largest absolute Gasteiger partial charge is 0.493 e. The van der Waals surface area contributed by atoms with Crippen molar-refractivity contribution in [3.63, 3.8) is 0 Å². The summed E-state index contributed by atoms with van der Waals surface area (Å²) in [6.45, 7) is 1.78. The Balaban J connectivity index is 1.80. The highest BCUT2D eigenvalue weighted by molar-refractivity contribution is 7.84. The van der Waals surface area contributed by atoms with Gasteiger partial charge in [0.05, 0.1) is 39.1 Å². The van der Waals surface area contributed by atoms with E-state index in [1.54, 1.807) is 21.3 Å². The molecule has 3 rings (SSSR count). The number of ether oxygens (including phenoxy) is 3. The summed E-state index contributed by atoms with van der Waals surface area (Å²) in [6.07, 6.45) is 2.51. The van der Waals surface area contributed by atoms with Crippen molar-refractivity contribution in [2.45, 2.75) is 19.3 Å². The van der Waals surface area contributed by atoms with Crippen molar-refractivity contribution < 1.29 is 26.8 Å². The molecule has 2 N–H and O–H groups in total. The first-order valence-corrected chi connectivity index (χ1v) is 10.8. The number of fused-ring (bicyclic) bond motifs is 1. The van der Waals surface area contributed by atoms with E-state index in [4.69, 9.17) is 19.3 Å². The molecule has 0 bridgehead atoms. The lowest BCUT2D eigenvalue weighted by Gasteiger charge is -2.34. The van der Waals surface area contributed by atoms with Crippen molar-refractivity contribution in [3.8, 4) is 17.4 Å². The van der Waals surface area contributed by atoms with Crippen LogP contribution in [-0.4, -0.2) is 54.4 Å². The van der Waals surface area contributed by atoms with Crippen molar-refractivity contribution in [2.24, 2.45) is 11.1 Å². The van der Waals surface area contributed by atoms with Gasteiger partial charge in [0.15, 0.2) is 11.5 Å². The van der Waals surface area contributed by atoms with E-state index >= 15 is 0 Å². The Morgan fingerprint density at radius 1 is 1.07 bits per heavy atom. The zero-order valence-electron chi connectivity index (χ0n) is 16.9. The second-order valence-corrected chi connectivity index (χ2v) is 8.16. The van der Waals surface area contributed by atoms with Crippen LogP contribution in [0, 0.1) is 5.92 Å². The van der Waals surface area contributed by atoms with Crippen LogP contribution in [0.4, 0.5) is 5.69 Å². The average molecular weight is 426 g/mol. The smallest absolute Gasteiger partial charge is 0.333 e. The molecule has 1 aromatic carbocycles. The molecule has 2 aromatic rings. The molecule has 0 saturated carbocycles. The van der Waals surface area contributed by atoms with Gasteiger partial charge in [0, 0.05) is 30.6 Å². The van der Waals surface area contributed by atoms with E-state index in [0.717, 1.165) is 42.5 Å². The van der Waals surface area contributed by atoms with Crippen LogP contribution in [0.3, 0.4) is 0 Å². The van der Waals surface area contributed by atoms with Gasteiger partial charge in [-0.1, -0.05) is 0 Å². The molecule has 2 heterocycles. The van der Waals surface area contributed by atoms with Crippen LogP contribution in [0.25, 0.3) is 10.9 Å². The summed E-state index contributed by atoms with van der Waals surface area (Å²) in [4.78, 5) is 6.83. The van der Waals surface area contributed by atoms with Crippen LogP contribution in [0.5, 0.6) is 17.4 Å². The normalized spacial score (nSPS) is 15.5. The van der Waals surface area contributed by atoms with E-state index < -0.39 is 10.3 Å². The summed E-state index contributed by atoms with van der Waals surface area (Å²) in [5.41, 5.74) is 1.78. The molecule has 0 aliphatic carbocycles. The second kappa shape index (κ2) is 9.02. The van der Waals surface area contributed by atoms with Gasteiger partial charge < -0.3 is 19.1 Å². The average Bonchev–Trinajstić information content (AvgIpc) is 2.71. The van der Waals surface area contributed by atoms with E-state index in [0.29, 0.717) is 29.7 Å². The van der Waals surface area contributed by atoms with E-state index in [1.807, 2.05) is 18.2 Å². The standard InChI is InChI=1S/C19H27N3O6S/c1-25-17-10-14-15(11-18(17)26-2)21-19(27-3)12-16(14)22-7-4-13(5-8-22)6-9-28-29(20,23)24/h10-13H,4-9H2,1-3H3,(H2,20,23,24). The topological polar surface area (TPSA) is 113 Å². The molecule has 1 aromatic heterocycles. The summed E-state index contributed by atoms with van der Waals surface area (Å²) in [5, 5.41) is 5.84. The predicted molar refractivity (Wildman–Crippen MR) is 110 cm³/mol. The molecule has 0 spiro atoms. The molecule has 1 aliphatic heterocycles. The second-order valence-electron chi connectivity index (χ2n) is 6.94. The van der Waals surface area contributed by atoms with Crippen molar-refractivity contribution in [1.29, 1.82) is 0 Å². The Labute approximate surface area is 170 Å². The van der Waals surface area contributed by atoms with Gasteiger partial charge in [0.25, 0.3) is 0 Å². The van der Waals surface area contributed by atoms with Gasteiger partial charge in [0.2, 0.25) is 5.88 Å². The Morgan fingerprint density at radius 2 is 1.72 bits per heavy atom. The summed E-state index contributed by atoms with van der Waals surface area (Å²) >= 11 is 0. The fourth-order valence-electron chi connectivity index (χ4n) is 3.67. The third-order valence-corrected chi connectivity index (χ3v) is 5.70. The van der Waals surface area contributed by atoms with Crippen LogP contribution in [0.2, 0.25) is 0 Å². The molecule has 0 unspecified atom stereocenters. The van der Waals surface area contributed by atoms with Crippen molar-refractivity contribution >= 4 is 26.9 Å². The van der Waals surface area contributed by atoms with Gasteiger partial charge in [-0.25, -0.2) is 10.1 Å². The van der Waals surface area contributed by atoms with Gasteiger partial charge in [-0.05, 0) is 31.2 Å². The highest BCUT2D eigenvalue weighted by atomic mass is 32.2. The van der Waals surface area contributed by atoms with Crippen LogP contribution in [0.15, 0.2) is 18.2 Å². The molecular weight excluding hydrogens is 398 g/mol. The maximum atomic E-state index is 10.9. The summed E-state index contributed by atoms with van der Waals surface area (Å²) in [7, 11) is 0.916. The number of benzene rings is 1. The number of nitrogens with two attached hydrogens (primary N) is 1. The fraction of sp³-hybridized carbons (Fsp3) is 0.526. The first-order chi connectivity index (χ1) is 13.8. The monoisotopic (exact) mass is 425 g/mol. The Morgan fingerprint density at radius 3 is 2.31 bits per heavy atom. The van der Waals surface area contributed by atoms with Gasteiger partial charge in [-0.2, -0.15) is 8.42 Å². The van der Waals surface area contributed by atoms with E-state index in [-0.39, 0.29) is 6.61 Å². The minimum atomic E-state index is -3.88. The number of hydrogen-bond donors (Lipinski definition) is 1. The lowest BCUT2D eigenvalue weighted by Crippen LogP contribution is -2.34. The summed E-state index contributed by atoms with van der Waals surface area (Å²) < 4.78 is 42.7. The minimum Gasteiger partial charge on any atom is -0.493 e. The van der Waals surface area contributed by atoms with Crippen LogP contribution in [0.1, 0.15) is 19.3 Å². The third-order valence-electron chi connectivity index (χ3n) is 5.21. The zero-order valence-corrected chi connectivity index (χ0v) is 17.7. The number of aromatic nitrogens is 1. The molecule has 0 radical (unpaired) electrons. The zero-order chi connectivity index (χ0) is 21.0. The number of rotatable bonds is 8. The summed E-state index contributed by atoms with van der Waals surface area (Å²) in [6, 6.07) is 5.71. The molecule has 0 atom stereocenters. The highest BCUT2D eigenvalue weighted by Gasteiger charge is 2.23. The molecule has 1 fully saturated rings.